The first kappa shape index (κ1) is 27.7. The number of rotatable bonds is 7. The molecule has 0 bridgehead atoms. The van der Waals surface area contributed by atoms with Crippen LogP contribution in [0.4, 0.5) is 0 Å². The molecule has 0 saturated heterocycles. The third-order valence-corrected chi connectivity index (χ3v) is 6.25. The fraction of sp³-hybridized carbons (Fsp3) is 0.462. The molecule has 10 nitrogen and oxygen atoms in total. The smallest absolute Gasteiger partial charge is 0.255 e. The van der Waals surface area contributed by atoms with Gasteiger partial charge in [-0.25, -0.2) is 0 Å². The molecule has 0 spiro atoms. The van der Waals surface area contributed by atoms with Crippen molar-refractivity contribution in [1.29, 1.82) is 21.0 Å². The van der Waals surface area contributed by atoms with Gasteiger partial charge < -0.3 is 20.1 Å². The van der Waals surface area contributed by atoms with Gasteiger partial charge in [0, 0.05) is 13.1 Å². The summed E-state index contributed by atoms with van der Waals surface area (Å²) in [6, 6.07) is 7.07. The lowest BCUT2D eigenvalue weighted by atomic mass is 9.96. The molecule has 2 N–H and O–H groups in total. The molecule has 0 fully saturated rings. The summed E-state index contributed by atoms with van der Waals surface area (Å²) in [6.45, 7) is 11.0. The van der Waals surface area contributed by atoms with E-state index in [0.717, 1.165) is 0 Å². The van der Waals surface area contributed by atoms with Gasteiger partial charge in [0.05, 0.1) is 11.1 Å². The van der Waals surface area contributed by atoms with Gasteiger partial charge in [-0.2, -0.15) is 21.0 Å². The third-order valence-electron chi connectivity index (χ3n) is 6.25. The molecule has 0 unspecified atom stereocenters. The van der Waals surface area contributed by atoms with Gasteiger partial charge in [-0.15, -0.1) is 0 Å². The number of ether oxygens (including phenoxy) is 2. The number of carbonyl (C=O) groups is 2. The predicted octanol–water partition coefficient (Wildman–Crippen LogP) is 2.85. The lowest BCUT2D eigenvalue weighted by Crippen LogP contribution is -2.29. The van der Waals surface area contributed by atoms with Crippen LogP contribution >= 0.6 is 0 Å². The summed E-state index contributed by atoms with van der Waals surface area (Å²) < 4.78 is 11.4. The summed E-state index contributed by atoms with van der Waals surface area (Å²) in [6.07, 6.45) is 1.07. The van der Waals surface area contributed by atoms with Crippen LogP contribution in [-0.4, -0.2) is 36.1 Å². The molecule has 0 aromatic carbocycles. The van der Waals surface area contributed by atoms with Crippen LogP contribution < -0.4 is 10.6 Å². The van der Waals surface area contributed by atoms with E-state index < -0.39 is 23.0 Å². The highest BCUT2D eigenvalue weighted by atomic mass is 16.5. The molecule has 2 amide bonds. The Morgan fingerprint density at radius 2 is 1.00 bits per heavy atom. The van der Waals surface area contributed by atoms with E-state index in [1.807, 2.05) is 0 Å². The van der Waals surface area contributed by atoms with Crippen molar-refractivity contribution in [1.82, 2.24) is 10.6 Å². The molecule has 2 aliphatic heterocycles. The normalized spacial score (nSPS) is 17.2. The van der Waals surface area contributed by atoms with Crippen molar-refractivity contribution < 1.29 is 19.1 Å². The van der Waals surface area contributed by atoms with Crippen molar-refractivity contribution in [3.63, 3.8) is 0 Å². The zero-order valence-electron chi connectivity index (χ0n) is 21.3. The predicted molar refractivity (Wildman–Crippen MR) is 127 cm³/mol. The lowest BCUT2D eigenvalue weighted by Gasteiger charge is -2.20. The Kier molecular flexibility index (Phi) is 8.32. The summed E-state index contributed by atoms with van der Waals surface area (Å²) in [5, 5.41) is 42.4. The average Bonchev–Trinajstić information content (AvgIpc) is 3.20. The van der Waals surface area contributed by atoms with Crippen LogP contribution in [0.3, 0.4) is 0 Å². The van der Waals surface area contributed by atoms with Gasteiger partial charge in [0.2, 0.25) is 0 Å². The average molecular weight is 489 g/mol. The Hall–Kier alpha value is -4.54. The van der Waals surface area contributed by atoms with E-state index in [1.54, 1.807) is 65.8 Å². The van der Waals surface area contributed by atoms with Crippen LogP contribution in [0.15, 0.2) is 45.0 Å². The molecular formula is C26H28N6O4. The van der Waals surface area contributed by atoms with E-state index in [9.17, 15) is 30.6 Å². The number of nitrogens with zero attached hydrogens (tertiary/aromatic N) is 4. The fourth-order valence-electron chi connectivity index (χ4n) is 3.69. The Balaban J connectivity index is 1.98. The van der Waals surface area contributed by atoms with Gasteiger partial charge >= 0.3 is 0 Å². The van der Waals surface area contributed by atoms with Crippen molar-refractivity contribution >= 4 is 11.8 Å². The molecule has 2 heterocycles. The first-order valence-corrected chi connectivity index (χ1v) is 11.3. The largest absolute Gasteiger partial charge is 0.480 e. The minimum Gasteiger partial charge on any atom is -0.480 e. The maximum atomic E-state index is 12.8. The minimum absolute atomic E-state index is 0.0180. The first-order chi connectivity index (χ1) is 16.9. The highest BCUT2D eigenvalue weighted by Crippen LogP contribution is 2.40. The quantitative estimate of drug-likeness (QED) is 0.406. The van der Waals surface area contributed by atoms with Gasteiger partial charge in [-0.1, -0.05) is 0 Å². The molecule has 36 heavy (non-hydrogen) atoms. The molecule has 0 radical (unpaired) electrons. The molecule has 2 rings (SSSR count). The third kappa shape index (κ3) is 5.40. The molecule has 0 aromatic heterocycles. The van der Waals surface area contributed by atoms with Gasteiger partial charge in [-0.3, -0.25) is 9.59 Å². The second kappa shape index (κ2) is 10.8. The number of hydrogen-bond donors (Lipinski definition) is 2. The minimum atomic E-state index is -0.819. The Labute approximate surface area is 210 Å². The number of nitrogens with one attached hydrogen (secondary N) is 2. The van der Waals surface area contributed by atoms with Crippen molar-refractivity contribution in [3.05, 3.63) is 45.0 Å². The van der Waals surface area contributed by atoms with E-state index in [0.29, 0.717) is 37.1 Å². The van der Waals surface area contributed by atoms with Crippen molar-refractivity contribution in [2.24, 2.45) is 0 Å². The number of allylic oxidation sites excluding steroid dienone is 2. The second-order valence-corrected chi connectivity index (χ2v) is 9.30. The SMILES string of the molecule is CC1=C(C(=O)NCCCCNC(=O)C2=C(C)C(C)(C)OC2=C(C#N)C#N)C(=C(C#N)C#N)OC1(C)C. The number of hydrogen-bond acceptors (Lipinski definition) is 8. The topological polar surface area (TPSA) is 172 Å². The summed E-state index contributed by atoms with van der Waals surface area (Å²) in [7, 11) is 0. The summed E-state index contributed by atoms with van der Waals surface area (Å²) >= 11 is 0. The molecule has 186 valence electrons. The monoisotopic (exact) mass is 488 g/mol. The summed E-state index contributed by atoms with van der Waals surface area (Å²) in [4.78, 5) is 25.6. The van der Waals surface area contributed by atoms with Crippen LogP contribution in [0.1, 0.15) is 54.4 Å². The van der Waals surface area contributed by atoms with Crippen LogP contribution in [0.2, 0.25) is 0 Å². The van der Waals surface area contributed by atoms with E-state index in [1.165, 1.54) is 0 Å². The Morgan fingerprint density at radius 3 is 1.28 bits per heavy atom. The molecular weight excluding hydrogens is 460 g/mol. The lowest BCUT2D eigenvalue weighted by molar-refractivity contribution is -0.118. The molecule has 0 saturated carbocycles. The number of unbranched alkanes of at least 4 members (excludes halogenated alkanes) is 1. The second-order valence-electron chi connectivity index (χ2n) is 9.30. The van der Waals surface area contributed by atoms with Crippen LogP contribution in [0.5, 0.6) is 0 Å². The fourth-order valence-corrected chi connectivity index (χ4v) is 3.69. The van der Waals surface area contributed by atoms with Gasteiger partial charge in [0.15, 0.2) is 22.7 Å². The number of carbonyl (C=O) groups excluding carboxylic acids is 2. The summed E-state index contributed by atoms with van der Waals surface area (Å²) in [5.41, 5.74) is -0.559. The van der Waals surface area contributed by atoms with Crippen LogP contribution in [-0.2, 0) is 19.1 Å². The van der Waals surface area contributed by atoms with Gasteiger partial charge in [0.25, 0.3) is 11.8 Å². The zero-order valence-corrected chi connectivity index (χ0v) is 21.3. The highest BCUT2D eigenvalue weighted by molar-refractivity contribution is 6.00. The van der Waals surface area contributed by atoms with Crippen molar-refractivity contribution in [2.45, 2.75) is 65.6 Å². The molecule has 0 aromatic rings. The van der Waals surface area contributed by atoms with E-state index in [2.05, 4.69) is 10.6 Å². The number of amides is 2. The van der Waals surface area contributed by atoms with E-state index in [4.69, 9.17) is 9.47 Å². The van der Waals surface area contributed by atoms with E-state index >= 15 is 0 Å². The highest BCUT2D eigenvalue weighted by Gasteiger charge is 2.41. The molecule has 10 heteroatoms. The maximum absolute atomic E-state index is 12.8. The van der Waals surface area contributed by atoms with Crippen LogP contribution in [0.25, 0.3) is 0 Å². The Bertz CT molecular complexity index is 1150. The Morgan fingerprint density at radius 1 is 0.694 bits per heavy atom. The van der Waals surface area contributed by atoms with Crippen LogP contribution in [0, 0.1) is 45.3 Å². The standard InChI is InChI=1S/C26H28N6O4/c1-15-19(21(17(11-27)12-28)35-25(15,3)4)23(33)31-9-7-8-10-32-24(34)20-16(2)26(5,6)36-22(20)18(13-29)14-30/h7-10H2,1-6H3,(H,31,33)(H,32,34). The first-order valence-electron chi connectivity index (χ1n) is 11.3. The molecule has 0 aliphatic carbocycles. The summed E-state index contributed by atoms with van der Waals surface area (Å²) in [5.74, 6) is -0.922. The zero-order chi connectivity index (χ0) is 27.3. The molecule has 0 atom stereocenters. The van der Waals surface area contributed by atoms with Crippen molar-refractivity contribution in [2.75, 3.05) is 13.1 Å². The van der Waals surface area contributed by atoms with E-state index in [-0.39, 0.29) is 33.8 Å². The maximum Gasteiger partial charge on any atom is 0.255 e. The number of nitriles is 4. The molecule has 2 aliphatic rings. The van der Waals surface area contributed by atoms with Gasteiger partial charge in [-0.05, 0) is 65.5 Å². The van der Waals surface area contributed by atoms with Gasteiger partial charge in [0.1, 0.15) is 35.5 Å². The van der Waals surface area contributed by atoms with Crippen molar-refractivity contribution in [3.8, 4) is 24.3 Å².